The quantitative estimate of drug-likeness (QED) is 0.0551. The van der Waals surface area contributed by atoms with Gasteiger partial charge in [0.2, 0.25) is 0 Å². The number of hydrogen-bond donors (Lipinski definition) is 0. The second-order valence-corrected chi connectivity index (χ2v) is 10.5. The maximum Gasteiger partial charge on any atom is 0.343 e. The molecule has 2 aliphatic heterocycles. The predicted octanol–water partition coefficient (Wildman–Crippen LogP) is 6.85. The van der Waals surface area contributed by atoms with Crippen molar-refractivity contribution in [2.75, 3.05) is 39.6 Å². The molecule has 0 N–H and O–H groups in total. The van der Waals surface area contributed by atoms with E-state index in [9.17, 15) is 9.59 Å². The first-order chi connectivity index (χ1) is 23.5. The van der Waals surface area contributed by atoms with Gasteiger partial charge in [-0.25, -0.2) is 9.59 Å². The number of carbonyl (C=O) groups excluding carboxylic acids is 2. The van der Waals surface area contributed by atoms with Crippen molar-refractivity contribution in [3.63, 3.8) is 0 Å². The second-order valence-electron chi connectivity index (χ2n) is 10.5. The van der Waals surface area contributed by atoms with Crippen molar-refractivity contribution in [2.45, 2.75) is 12.2 Å². The Bertz CT molecular complexity index is 1620. The third kappa shape index (κ3) is 11.3. The van der Waals surface area contributed by atoms with E-state index in [4.69, 9.17) is 37.9 Å². The summed E-state index contributed by atoms with van der Waals surface area (Å²) in [6.45, 7) is 10.3. The van der Waals surface area contributed by atoms with Crippen LogP contribution in [-0.2, 0) is 14.2 Å². The summed E-state index contributed by atoms with van der Waals surface area (Å²) >= 11 is 0. The van der Waals surface area contributed by atoms with Gasteiger partial charge in [-0.15, -0.1) is 0 Å². The van der Waals surface area contributed by atoms with Crippen LogP contribution in [0, 0.1) is 0 Å². The first-order valence-corrected chi connectivity index (χ1v) is 15.3. The van der Waals surface area contributed by atoms with E-state index in [1.807, 2.05) is 24.3 Å². The molecule has 0 aliphatic carbocycles. The zero-order valence-corrected chi connectivity index (χ0v) is 26.3. The van der Waals surface area contributed by atoms with Crippen molar-refractivity contribution in [1.29, 1.82) is 0 Å². The normalized spacial score (nSPS) is 15.4. The second kappa shape index (κ2) is 17.4. The predicted molar refractivity (Wildman–Crippen MR) is 177 cm³/mol. The Balaban J connectivity index is 0.000000188. The number of esters is 2. The molecule has 0 aromatic heterocycles. The van der Waals surface area contributed by atoms with Crippen molar-refractivity contribution in [3.05, 3.63) is 133 Å². The molecule has 10 heteroatoms. The lowest BCUT2D eigenvalue weighted by atomic mass is 10.2. The van der Waals surface area contributed by atoms with Gasteiger partial charge in [0.05, 0.1) is 24.3 Å². The molecule has 0 radical (unpaired) electrons. The van der Waals surface area contributed by atoms with Crippen LogP contribution in [-0.4, -0.2) is 63.8 Å². The van der Waals surface area contributed by atoms with E-state index in [1.165, 1.54) is 0 Å². The summed E-state index contributed by atoms with van der Waals surface area (Å²) in [5, 5.41) is 0. The van der Waals surface area contributed by atoms with Crippen molar-refractivity contribution in [2.24, 2.45) is 0 Å². The first-order valence-electron chi connectivity index (χ1n) is 15.3. The Labute approximate surface area is 279 Å². The van der Waals surface area contributed by atoms with Crippen molar-refractivity contribution >= 4 is 11.9 Å². The third-order valence-electron chi connectivity index (χ3n) is 6.65. The molecule has 2 fully saturated rings. The van der Waals surface area contributed by atoms with Crippen molar-refractivity contribution in [1.82, 2.24) is 0 Å². The Morgan fingerprint density at radius 1 is 0.562 bits per heavy atom. The summed E-state index contributed by atoms with van der Waals surface area (Å²) in [4.78, 5) is 24.0. The van der Waals surface area contributed by atoms with E-state index in [0.29, 0.717) is 72.9 Å². The Morgan fingerprint density at radius 2 is 0.958 bits per heavy atom. The number of ether oxygens (including phenoxy) is 8. The fraction of sp³-hybridized carbons (Fsp3) is 0.211. The Hall–Kier alpha value is -5.58. The number of benzene rings is 4. The van der Waals surface area contributed by atoms with Gasteiger partial charge in [0.25, 0.3) is 0 Å². The minimum atomic E-state index is -0.424. The van der Waals surface area contributed by atoms with Crippen LogP contribution >= 0.6 is 0 Å². The van der Waals surface area contributed by atoms with E-state index >= 15 is 0 Å². The highest BCUT2D eigenvalue weighted by molar-refractivity contribution is 5.91. The average Bonchev–Trinajstić information content (AvgIpc) is 4.06. The maximum atomic E-state index is 12.1. The molecule has 2 atom stereocenters. The molecule has 10 nitrogen and oxygen atoms in total. The molecule has 2 unspecified atom stereocenters. The van der Waals surface area contributed by atoms with Gasteiger partial charge >= 0.3 is 11.9 Å². The fourth-order valence-electron chi connectivity index (χ4n) is 3.94. The average molecular weight is 653 g/mol. The smallest absolute Gasteiger partial charge is 0.343 e. The summed E-state index contributed by atoms with van der Waals surface area (Å²) in [6.07, 6.45) is 3.62. The fourth-order valence-corrected chi connectivity index (χ4v) is 3.94. The van der Waals surface area contributed by atoms with Gasteiger partial charge < -0.3 is 37.9 Å². The summed E-state index contributed by atoms with van der Waals surface area (Å²) in [5.74, 6) is 3.13. The highest BCUT2D eigenvalue weighted by Gasteiger charge is 2.24. The molecule has 2 aliphatic rings. The number of rotatable bonds is 16. The van der Waals surface area contributed by atoms with Gasteiger partial charge in [-0.1, -0.05) is 25.3 Å². The summed E-state index contributed by atoms with van der Waals surface area (Å²) < 4.78 is 42.6. The molecule has 0 saturated carbocycles. The Morgan fingerprint density at radius 3 is 1.46 bits per heavy atom. The molecule has 6 rings (SSSR count). The standard InChI is InChI=1S/2C19H18O5/c1-2-11-21-15-7-9-17(10-8-15)24-16-5-3-14(4-6-16)19(20)23-13-18-12-22-18;1-2-11-21-15-7-9-17(10-8-15)24-19(20)14-3-5-16(6-4-14)22-12-18-13-23-18/h2*2-10,18H,1,11-13H2. The maximum absolute atomic E-state index is 12.1. The van der Waals surface area contributed by atoms with Crippen LogP contribution in [0.1, 0.15) is 20.7 Å². The van der Waals surface area contributed by atoms with Crippen LogP contribution in [0.4, 0.5) is 0 Å². The summed E-state index contributed by atoms with van der Waals surface area (Å²) in [7, 11) is 0. The van der Waals surface area contributed by atoms with E-state index in [2.05, 4.69) is 13.2 Å². The minimum Gasteiger partial charge on any atom is -0.491 e. The zero-order valence-electron chi connectivity index (χ0n) is 26.3. The van der Waals surface area contributed by atoms with Crippen LogP contribution < -0.4 is 23.7 Å². The molecule has 248 valence electrons. The lowest BCUT2D eigenvalue weighted by molar-refractivity contribution is 0.0476. The topological polar surface area (TPSA) is 115 Å². The van der Waals surface area contributed by atoms with Gasteiger partial charge in [0.1, 0.15) is 73.1 Å². The minimum absolute atomic E-state index is 0.0648. The first kappa shape index (κ1) is 33.8. The van der Waals surface area contributed by atoms with Crippen LogP contribution in [0.2, 0.25) is 0 Å². The summed E-state index contributed by atoms with van der Waals surface area (Å²) in [6, 6.07) is 27.8. The van der Waals surface area contributed by atoms with Crippen LogP contribution in [0.15, 0.2) is 122 Å². The largest absolute Gasteiger partial charge is 0.491 e. The lowest BCUT2D eigenvalue weighted by Crippen LogP contribution is -2.09. The van der Waals surface area contributed by atoms with Crippen LogP contribution in [0.3, 0.4) is 0 Å². The molecule has 4 aromatic rings. The molecule has 2 saturated heterocycles. The third-order valence-corrected chi connectivity index (χ3v) is 6.65. The van der Waals surface area contributed by atoms with E-state index < -0.39 is 5.97 Å². The molecular formula is C38H36O10. The van der Waals surface area contributed by atoms with E-state index in [-0.39, 0.29) is 18.2 Å². The molecule has 0 bridgehead atoms. The van der Waals surface area contributed by atoms with Gasteiger partial charge in [0, 0.05) is 0 Å². The van der Waals surface area contributed by atoms with Crippen LogP contribution in [0.25, 0.3) is 0 Å². The van der Waals surface area contributed by atoms with E-state index in [1.54, 1.807) is 84.9 Å². The van der Waals surface area contributed by atoms with Gasteiger partial charge in [-0.3, -0.25) is 0 Å². The monoisotopic (exact) mass is 652 g/mol. The van der Waals surface area contributed by atoms with Gasteiger partial charge in [-0.2, -0.15) is 0 Å². The van der Waals surface area contributed by atoms with Crippen molar-refractivity contribution < 1.29 is 47.5 Å². The van der Waals surface area contributed by atoms with Crippen LogP contribution in [0.5, 0.6) is 34.5 Å². The molecular weight excluding hydrogens is 616 g/mol. The van der Waals surface area contributed by atoms with Gasteiger partial charge in [-0.05, 0) is 97.1 Å². The molecule has 0 spiro atoms. The highest BCUT2D eigenvalue weighted by atomic mass is 16.6. The highest BCUT2D eigenvalue weighted by Crippen LogP contribution is 2.25. The number of epoxide rings is 2. The molecule has 2 heterocycles. The molecule has 0 amide bonds. The van der Waals surface area contributed by atoms with Crippen molar-refractivity contribution in [3.8, 4) is 34.5 Å². The van der Waals surface area contributed by atoms with Gasteiger partial charge in [0.15, 0.2) is 0 Å². The SMILES string of the molecule is C=CCOc1ccc(OC(=O)c2ccc(OCC3CO3)cc2)cc1.C=CCOc1ccc(Oc2ccc(C(=O)OCC3CO3)cc2)cc1. The lowest BCUT2D eigenvalue weighted by Gasteiger charge is -2.08. The summed E-state index contributed by atoms with van der Waals surface area (Å²) in [5.41, 5.74) is 0.938. The zero-order chi connectivity index (χ0) is 33.6. The van der Waals surface area contributed by atoms with E-state index in [0.717, 1.165) is 12.4 Å². The number of carbonyl (C=O) groups is 2. The number of hydrogen-bond acceptors (Lipinski definition) is 10. The Kier molecular flexibility index (Phi) is 12.2. The molecule has 4 aromatic carbocycles. The molecule has 48 heavy (non-hydrogen) atoms.